The third kappa shape index (κ3) is 4.01. The maximum atomic E-state index is 11.8. The number of aromatic nitrogens is 1. The van der Waals surface area contributed by atoms with Crippen molar-refractivity contribution in [2.75, 3.05) is 6.61 Å². The first-order chi connectivity index (χ1) is 14.5. The van der Waals surface area contributed by atoms with Gasteiger partial charge < -0.3 is 9.84 Å². The summed E-state index contributed by atoms with van der Waals surface area (Å²) >= 11 is 4.86. The van der Waals surface area contributed by atoms with E-state index in [0.717, 1.165) is 21.3 Å². The first-order valence-electron chi connectivity index (χ1n) is 9.22. The van der Waals surface area contributed by atoms with E-state index in [-0.39, 0.29) is 11.8 Å². The van der Waals surface area contributed by atoms with Gasteiger partial charge in [0.2, 0.25) is 5.88 Å². The Morgan fingerprint density at radius 1 is 1.30 bits per heavy atom. The van der Waals surface area contributed by atoms with E-state index in [2.05, 4.69) is 25.9 Å². The highest BCUT2D eigenvalue weighted by Gasteiger charge is 2.15. The molecule has 1 aliphatic rings. The molecule has 0 bridgehead atoms. The average molecular weight is 484 g/mol. The lowest BCUT2D eigenvalue weighted by Gasteiger charge is -2.01. The molecule has 1 aliphatic heterocycles. The van der Waals surface area contributed by atoms with Crippen LogP contribution in [0.5, 0.6) is 5.88 Å². The van der Waals surface area contributed by atoms with Gasteiger partial charge in [0.1, 0.15) is 0 Å². The summed E-state index contributed by atoms with van der Waals surface area (Å²) in [6.07, 6.45) is 3.70. The van der Waals surface area contributed by atoms with Crippen molar-refractivity contribution in [2.24, 2.45) is 17.0 Å². The fourth-order valence-electron chi connectivity index (χ4n) is 2.97. The Hall–Kier alpha value is -2.97. The molecule has 2 heterocycles. The molecule has 4 rings (SSSR count). The zero-order chi connectivity index (χ0) is 21.3. The Kier molecular flexibility index (Phi) is 5.69. The van der Waals surface area contributed by atoms with Gasteiger partial charge in [-0.1, -0.05) is 27.3 Å². The lowest BCUT2D eigenvalue weighted by Crippen LogP contribution is -2.08. The molecule has 0 atom stereocenters. The number of halogens is 1. The van der Waals surface area contributed by atoms with Crippen molar-refractivity contribution in [1.82, 2.24) is 4.57 Å². The van der Waals surface area contributed by atoms with Crippen molar-refractivity contribution in [1.29, 1.82) is 0 Å². The number of thiazole rings is 1. The monoisotopic (exact) mass is 483 g/mol. The Morgan fingerprint density at radius 2 is 2.07 bits per heavy atom. The molecule has 8 heteroatoms. The van der Waals surface area contributed by atoms with Crippen LogP contribution in [0.2, 0.25) is 0 Å². The van der Waals surface area contributed by atoms with Gasteiger partial charge in [-0.2, -0.15) is 0 Å². The SMILES string of the molecule is CCOC(=O)c1ccc(N=c2sc(C=C3C=Nc4ccc(Br)cc43)c(O)n2C)cc1. The predicted octanol–water partition coefficient (Wildman–Crippen LogP) is 5.22. The fraction of sp³-hybridized carbons (Fsp3) is 0.136. The number of esters is 1. The first kappa shape index (κ1) is 20.3. The minimum Gasteiger partial charge on any atom is -0.493 e. The van der Waals surface area contributed by atoms with E-state index in [4.69, 9.17) is 4.74 Å². The van der Waals surface area contributed by atoms with E-state index in [1.165, 1.54) is 11.3 Å². The number of carbonyl (C=O) groups is 1. The zero-order valence-corrected chi connectivity index (χ0v) is 18.7. The van der Waals surface area contributed by atoms with E-state index in [0.29, 0.717) is 27.5 Å². The highest BCUT2D eigenvalue weighted by Crippen LogP contribution is 2.36. The van der Waals surface area contributed by atoms with Crippen LogP contribution >= 0.6 is 27.3 Å². The molecule has 0 amide bonds. The van der Waals surface area contributed by atoms with Crippen LogP contribution in [-0.2, 0) is 11.8 Å². The normalized spacial score (nSPS) is 14.4. The molecule has 0 fully saturated rings. The second-order valence-electron chi connectivity index (χ2n) is 6.53. The zero-order valence-electron chi connectivity index (χ0n) is 16.3. The van der Waals surface area contributed by atoms with Crippen LogP contribution in [0.15, 0.2) is 56.9 Å². The lowest BCUT2D eigenvalue weighted by atomic mass is 10.1. The highest BCUT2D eigenvalue weighted by molar-refractivity contribution is 9.10. The molecule has 3 aromatic rings. The molecule has 0 saturated carbocycles. The highest BCUT2D eigenvalue weighted by atomic mass is 79.9. The van der Waals surface area contributed by atoms with Gasteiger partial charge in [0, 0.05) is 28.9 Å². The summed E-state index contributed by atoms with van der Waals surface area (Å²) < 4.78 is 7.60. The largest absolute Gasteiger partial charge is 0.493 e. The topological polar surface area (TPSA) is 76.2 Å². The molecule has 0 aliphatic carbocycles. The van der Waals surface area contributed by atoms with Gasteiger partial charge in [0.25, 0.3) is 0 Å². The molecular formula is C22H18BrN3O3S. The van der Waals surface area contributed by atoms with Crippen molar-refractivity contribution in [3.8, 4) is 5.88 Å². The molecule has 6 nitrogen and oxygen atoms in total. The third-order valence-electron chi connectivity index (χ3n) is 4.53. The Labute approximate surface area is 185 Å². The number of allylic oxidation sites excluding steroid dienone is 1. The van der Waals surface area contributed by atoms with Crippen molar-refractivity contribution < 1.29 is 14.6 Å². The number of nitrogens with zero attached hydrogens (tertiary/aromatic N) is 3. The van der Waals surface area contributed by atoms with Gasteiger partial charge in [-0.05, 0) is 55.5 Å². The van der Waals surface area contributed by atoms with E-state index in [1.54, 1.807) is 49.0 Å². The van der Waals surface area contributed by atoms with Crippen LogP contribution in [0.1, 0.15) is 27.7 Å². The second kappa shape index (κ2) is 8.41. The predicted molar refractivity (Wildman–Crippen MR) is 123 cm³/mol. The molecule has 0 saturated heterocycles. The number of ether oxygens (including phenoxy) is 1. The second-order valence-corrected chi connectivity index (χ2v) is 8.45. The van der Waals surface area contributed by atoms with Gasteiger partial charge in [-0.25, -0.2) is 9.79 Å². The molecule has 2 aromatic carbocycles. The van der Waals surface area contributed by atoms with Crippen LogP contribution in [0.4, 0.5) is 11.4 Å². The molecule has 0 radical (unpaired) electrons. The van der Waals surface area contributed by atoms with Gasteiger partial charge in [-0.3, -0.25) is 9.56 Å². The van der Waals surface area contributed by atoms with E-state index >= 15 is 0 Å². The summed E-state index contributed by atoms with van der Waals surface area (Å²) in [6, 6.07) is 12.8. The Bertz CT molecular complexity index is 1250. The van der Waals surface area contributed by atoms with Crippen LogP contribution in [0.3, 0.4) is 0 Å². The van der Waals surface area contributed by atoms with Crippen LogP contribution in [0, 0.1) is 0 Å². The van der Waals surface area contributed by atoms with Crippen molar-refractivity contribution in [2.45, 2.75) is 6.92 Å². The lowest BCUT2D eigenvalue weighted by molar-refractivity contribution is 0.0526. The quantitative estimate of drug-likeness (QED) is 0.516. The molecule has 1 aromatic heterocycles. The van der Waals surface area contributed by atoms with Gasteiger partial charge in [-0.15, -0.1) is 0 Å². The van der Waals surface area contributed by atoms with Gasteiger partial charge >= 0.3 is 5.97 Å². The number of hydrogen-bond acceptors (Lipinski definition) is 6. The minimum absolute atomic E-state index is 0.131. The molecule has 1 N–H and O–H groups in total. The number of aliphatic imine (C=N–C) groups is 1. The summed E-state index contributed by atoms with van der Waals surface area (Å²) in [5.74, 6) is -0.228. The van der Waals surface area contributed by atoms with Crippen molar-refractivity contribution >= 4 is 62.5 Å². The molecular weight excluding hydrogens is 466 g/mol. The van der Waals surface area contributed by atoms with Gasteiger partial charge in [0.05, 0.1) is 28.4 Å². The van der Waals surface area contributed by atoms with E-state index in [9.17, 15) is 9.90 Å². The number of benzene rings is 2. The maximum absolute atomic E-state index is 11.8. The summed E-state index contributed by atoms with van der Waals surface area (Å²) in [5.41, 5.74) is 3.99. The van der Waals surface area contributed by atoms with E-state index < -0.39 is 0 Å². The summed E-state index contributed by atoms with van der Waals surface area (Å²) in [7, 11) is 1.76. The van der Waals surface area contributed by atoms with Crippen LogP contribution < -0.4 is 4.80 Å². The Morgan fingerprint density at radius 3 is 2.80 bits per heavy atom. The molecule has 152 valence electrons. The first-order valence-corrected chi connectivity index (χ1v) is 10.8. The molecule has 0 spiro atoms. The number of aromatic hydroxyl groups is 1. The summed E-state index contributed by atoms with van der Waals surface area (Å²) in [6.45, 7) is 2.10. The average Bonchev–Trinajstić information content (AvgIpc) is 3.25. The number of fused-ring (bicyclic) bond motifs is 1. The summed E-state index contributed by atoms with van der Waals surface area (Å²) in [5, 5.41) is 10.6. The van der Waals surface area contributed by atoms with Crippen molar-refractivity contribution in [3.63, 3.8) is 0 Å². The smallest absolute Gasteiger partial charge is 0.338 e. The number of hydrogen-bond donors (Lipinski definition) is 1. The molecule has 30 heavy (non-hydrogen) atoms. The van der Waals surface area contributed by atoms with Crippen molar-refractivity contribution in [3.05, 3.63) is 67.7 Å². The standard InChI is InChI=1S/C22H18BrN3O3S/c1-3-29-21(28)13-4-7-16(8-5-13)25-22-26(2)20(27)19(30-22)10-14-12-24-18-9-6-15(23)11-17(14)18/h4-12,27H,3H2,1-2H3. The fourth-order valence-corrected chi connectivity index (χ4v) is 4.32. The van der Waals surface area contributed by atoms with Gasteiger partial charge in [0.15, 0.2) is 4.80 Å². The van der Waals surface area contributed by atoms with Crippen LogP contribution in [0.25, 0.3) is 11.6 Å². The number of carbonyl (C=O) groups excluding carboxylic acids is 1. The molecule has 0 unspecified atom stereocenters. The Balaban J connectivity index is 1.67. The third-order valence-corrected chi connectivity index (χ3v) is 6.09. The summed E-state index contributed by atoms with van der Waals surface area (Å²) in [4.78, 5) is 22.1. The number of rotatable bonds is 4. The van der Waals surface area contributed by atoms with Crippen LogP contribution in [-0.4, -0.2) is 28.5 Å². The maximum Gasteiger partial charge on any atom is 0.338 e. The minimum atomic E-state index is -0.359. The van der Waals surface area contributed by atoms with E-state index in [1.807, 2.05) is 24.3 Å².